The number of carbonyl (C=O) groups excluding carboxylic acids is 1. The molecule has 0 unspecified atom stereocenters. The van der Waals surface area contributed by atoms with Crippen molar-refractivity contribution in [3.63, 3.8) is 0 Å². The predicted octanol–water partition coefficient (Wildman–Crippen LogP) is 4.67. The highest BCUT2D eigenvalue weighted by atomic mass is 79.9. The standard InChI is InChI=1S/C20H14BrClN2O3/c1-3-7-27-19-11-17(21)13(9-18(19)26-2)8-14(12-23)20(25)24-16-6-4-5-15(22)10-16/h1,4-6,8-11H,7H2,2H3,(H,24,25)/b14-8+. The quantitative estimate of drug-likeness (QED) is 0.398. The maximum atomic E-state index is 12.4. The summed E-state index contributed by atoms with van der Waals surface area (Å²) in [6.07, 6.45) is 6.64. The van der Waals surface area contributed by atoms with Gasteiger partial charge < -0.3 is 14.8 Å². The smallest absolute Gasteiger partial charge is 0.266 e. The Morgan fingerprint density at radius 3 is 2.78 bits per heavy atom. The van der Waals surface area contributed by atoms with Crippen molar-refractivity contribution >= 4 is 45.2 Å². The molecular weight excluding hydrogens is 432 g/mol. The van der Waals surface area contributed by atoms with Crippen LogP contribution in [0.2, 0.25) is 5.02 Å². The van der Waals surface area contributed by atoms with Gasteiger partial charge in [0.1, 0.15) is 18.2 Å². The summed E-state index contributed by atoms with van der Waals surface area (Å²) in [5.41, 5.74) is 0.969. The summed E-state index contributed by atoms with van der Waals surface area (Å²) in [4.78, 5) is 12.4. The van der Waals surface area contributed by atoms with Crippen molar-refractivity contribution in [3.05, 3.63) is 57.0 Å². The molecule has 0 saturated heterocycles. The number of hydrogen-bond donors (Lipinski definition) is 1. The zero-order valence-electron chi connectivity index (χ0n) is 14.3. The van der Waals surface area contributed by atoms with E-state index in [4.69, 9.17) is 27.5 Å². The molecule has 0 aromatic heterocycles. The average Bonchev–Trinajstić information content (AvgIpc) is 2.65. The van der Waals surface area contributed by atoms with Crippen molar-refractivity contribution in [3.8, 4) is 29.9 Å². The molecule has 2 rings (SSSR count). The van der Waals surface area contributed by atoms with Gasteiger partial charge in [-0.1, -0.05) is 39.5 Å². The fraction of sp³-hybridized carbons (Fsp3) is 0.100. The number of ether oxygens (including phenoxy) is 2. The molecule has 0 saturated carbocycles. The number of anilines is 1. The van der Waals surface area contributed by atoms with Crippen LogP contribution < -0.4 is 14.8 Å². The molecule has 0 heterocycles. The molecule has 1 N–H and O–H groups in total. The first kappa shape index (κ1) is 20.4. The highest BCUT2D eigenvalue weighted by Gasteiger charge is 2.14. The number of nitriles is 1. The van der Waals surface area contributed by atoms with Crippen LogP contribution in [0.3, 0.4) is 0 Å². The second-order valence-electron chi connectivity index (χ2n) is 5.15. The van der Waals surface area contributed by atoms with E-state index in [-0.39, 0.29) is 12.2 Å². The molecule has 1 amide bonds. The van der Waals surface area contributed by atoms with Gasteiger partial charge in [-0.3, -0.25) is 4.79 Å². The van der Waals surface area contributed by atoms with Crippen LogP contribution in [0, 0.1) is 23.7 Å². The summed E-state index contributed by atoms with van der Waals surface area (Å²) in [7, 11) is 1.48. The minimum atomic E-state index is -0.557. The lowest BCUT2D eigenvalue weighted by atomic mass is 10.1. The molecule has 7 heteroatoms. The Morgan fingerprint density at radius 1 is 1.37 bits per heavy atom. The molecule has 0 aliphatic carbocycles. The second-order valence-corrected chi connectivity index (χ2v) is 6.44. The summed E-state index contributed by atoms with van der Waals surface area (Å²) in [6, 6.07) is 11.8. The van der Waals surface area contributed by atoms with E-state index in [2.05, 4.69) is 27.2 Å². The molecule has 2 aromatic rings. The normalized spacial score (nSPS) is 10.5. The van der Waals surface area contributed by atoms with E-state index in [0.717, 1.165) is 0 Å². The van der Waals surface area contributed by atoms with Gasteiger partial charge in [-0.15, -0.1) is 6.42 Å². The van der Waals surface area contributed by atoms with Crippen LogP contribution in [-0.4, -0.2) is 19.6 Å². The lowest BCUT2D eigenvalue weighted by Crippen LogP contribution is -2.13. The Morgan fingerprint density at radius 2 is 2.15 bits per heavy atom. The monoisotopic (exact) mass is 444 g/mol. The number of methoxy groups -OCH3 is 1. The van der Waals surface area contributed by atoms with E-state index in [1.807, 2.05) is 6.07 Å². The first-order valence-corrected chi connectivity index (χ1v) is 8.78. The van der Waals surface area contributed by atoms with Crippen LogP contribution in [0.5, 0.6) is 11.5 Å². The number of hydrogen-bond acceptors (Lipinski definition) is 4. The third-order valence-corrected chi connectivity index (χ3v) is 4.26. The zero-order valence-corrected chi connectivity index (χ0v) is 16.6. The van der Waals surface area contributed by atoms with Crippen LogP contribution in [0.15, 0.2) is 46.4 Å². The van der Waals surface area contributed by atoms with Crippen LogP contribution in [-0.2, 0) is 4.79 Å². The average molecular weight is 446 g/mol. The number of halogens is 2. The Bertz CT molecular complexity index is 974. The van der Waals surface area contributed by atoms with Gasteiger partial charge in [0.05, 0.1) is 7.11 Å². The molecule has 5 nitrogen and oxygen atoms in total. The van der Waals surface area contributed by atoms with Crippen LogP contribution in [0.1, 0.15) is 5.56 Å². The molecule has 27 heavy (non-hydrogen) atoms. The molecule has 0 aliphatic rings. The molecule has 0 bridgehead atoms. The van der Waals surface area contributed by atoms with E-state index in [1.165, 1.54) is 13.2 Å². The van der Waals surface area contributed by atoms with Crippen molar-refractivity contribution < 1.29 is 14.3 Å². The van der Waals surface area contributed by atoms with Crippen molar-refractivity contribution in [1.82, 2.24) is 0 Å². The van der Waals surface area contributed by atoms with Crippen molar-refractivity contribution in [2.45, 2.75) is 0 Å². The second kappa shape index (κ2) is 9.68. The van der Waals surface area contributed by atoms with Crippen molar-refractivity contribution in [2.24, 2.45) is 0 Å². The third kappa shape index (κ3) is 5.52. The lowest BCUT2D eigenvalue weighted by Gasteiger charge is -2.11. The topological polar surface area (TPSA) is 71.3 Å². The number of rotatable bonds is 6. The SMILES string of the molecule is C#CCOc1cc(Br)c(/C=C(\C#N)C(=O)Nc2cccc(Cl)c2)cc1OC. The first-order chi connectivity index (χ1) is 13.0. The molecule has 0 aliphatic heterocycles. The van der Waals surface area contributed by atoms with Gasteiger partial charge in [0.2, 0.25) is 0 Å². The van der Waals surface area contributed by atoms with Crippen molar-refractivity contribution in [2.75, 3.05) is 19.0 Å². The minimum Gasteiger partial charge on any atom is -0.493 e. The number of nitrogens with zero attached hydrogens (tertiary/aromatic N) is 1. The number of benzene rings is 2. The molecular formula is C20H14BrClN2O3. The molecule has 2 aromatic carbocycles. The summed E-state index contributed by atoms with van der Waals surface area (Å²) >= 11 is 9.30. The van der Waals surface area contributed by atoms with Crippen LogP contribution >= 0.6 is 27.5 Å². The van der Waals surface area contributed by atoms with E-state index in [9.17, 15) is 10.1 Å². The maximum Gasteiger partial charge on any atom is 0.266 e. The van der Waals surface area contributed by atoms with E-state index in [1.54, 1.807) is 36.4 Å². The molecule has 0 radical (unpaired) electrons. The number of amides is 1. The van der Waals surface area contributed by atoms with Gasteiger partial charge in [-0.2, -0.15) is 5.26 Å². The zero-order chi connectivity index (χ0) is 19.8. The highest BCUT2D eigenvalue weighted by Crippen LogP contribution is 2.34. The Balaban J connectivity index is 2.32. The minimum absolute atomic E-state index is 0.0868. The lowest BCUT2D eigenvalue weighted by molar-refractivity contribution is -0.112. The summed E-state index contributed by atoms with van der Waals surface area (Å²) in [5, 5.41) is 12.5. The Kier molecular flexibility index (Phi) is 7.31. The first-order valence-electron chi connectivity index (χ1n) is 7.61. The van der Waals surface area contributed by atoms with Gasteiger partial charge in [0, 0.05) is 15.2 Å². The Labute approximate surface area is 170 Å². The van der Waals surface area contributed by atoms with Crippen LogP contribution in [0.25, 0.3) is 6.08 Å². The van der Waals surface area contributed by atoms with E-state index >= 15 is 0 Å². The number of nitrogens with one attached hydrogen (secondary N) is 1. The Hall–Kier alpha value is -2.93. The molecule has 0 atom stereocenters. The van der Waals surface area contributed by atoms with E-state index < -0.39 is 5.91 Å². The van der Waals surface area contributed by atoms with Gasteiger partial charge in [0.25, 0.3) is 5.91 Å². The summed E-state index contributed by atoms with van der Waals surface area (Å²) < 4.78 is 11.3. The molecule has 0 fully saturated rings. The summed E-state index contributed by atoms with van der Waals surface area (Å²) in [5.74, 6) is 2.69. The number of terminal acetylenes is 1. The fourth-order valence-corrected chi connectivity index (χ4v) is 2.75. The predicted molar refractivity (Wildman–Crippen MR) is 109 cm³/mol. The molecule has 136 valence electrons. The fourth-order valence-electron chi connectivity index (χ4n) is 2.12. The van der Waals surface area contributed by atoms with Crippen molar-refractivity contribution in [1.29, 1.82) is 5.26 Å². The van der Waals surface area contributed by atoms with Gasteiger partial charge in [0.15, 0.2) is 11.5 Å². The third-order valence-electron chi connectivity index (χ3n) is 3.34. The van der Waals surface area contributed by atoms with Gasteiger partial charge in [-0.25, -0.2) is 0 Å². The van der Waals surface area contributed by atoms with Gasteiger partial charge in [-0.05, 0) is 42.0 Å². The maximum absolute atomic E-state index is 12.4. The number of carbonyl (C=O) groups is 1. The largest absolute Gasteiger partial charge is 0.493 e. The molecule has 0 spiro atoms. The summed E-state index contributed by atoms with van der Waals surface area (Å²) in [6.45, 7) is 0.0868. The van der Waals surface area contributed by atoms with Crippen LogP contribution in [0.4, 0.5) is 5.69 Å². The van der Waals surface area contributed by atoms with Gasteiger partial charge >= 0.3 is 0 Å². The highest BCUT2D eigenvalue weighted by molar-refractivity contribution is 9.10. The van der Waals surface area contributed by atoms with E-state index in [0.29, 0.717) is 32.2 Å².